The lowest BCUT2D eigenvalue weighted by Gasteiger charge is -2.14. The van der Waals surface area contributed by atoms with Crippen molar-refractivity contribution < 1.29 is 4.79 Å². The molecule has 0 aromatic rings. The Kier molecular flexibility index (Phi) is 9.06. The summed E-state index contributed by atoms with van der Waals surface area (Å²) in [5, 5.41) is 0. The molecule has 0 heterocycles. The van der Waals surface area contributed by atoms with E-state index in [1.54, 1.807) is 0 Å². The van der Waals surface area contributed by atoms with E-state index < -0.39 is 0 Å². The maximum atomic E-state index is 10.1. The molecule has 0 radical (unpaired) electrons. The van der Waals surface area contributed by atoms with Crippen LogP contribution in [-0.4, -0.2) is 11.7 Å². The minimum absolute atomic E-state index is 0.519. The van der Waals surface area contributed by atoms with Crippen molar-refractivity contribution >= 4 is 17.6 Å². The molecule has 72 valence electrons. The molecule has 1 N–H and O–H groups in total. The summed E-state index contributed by atoms with van der Waals surface area (Å²) in [7, 11) is 0. The lowest BCUT2D eigenvalue weighted by Crippen LogP contribution is -2.22. The van der Waals surface area contributed by atoms with Crippen LogP contribution in [0.4, 0.5) is 0 Å². The van der Waals surface area contributed by atoms with Crippen molar-refractivity contribution in [2.24, 2.45) is 0 Å². The molecule has 0 saturated heterocycles. The summed E-state index contributed by atoms with van der Waals surface area (Å²) in [5.74, 6) is 0. The van der Waals surface area contributed by atoms with Crippen LogP contribution in [0.3, 0.4) is 0 Å². The summed E-state index contributed by atoms with van der Waals surface area (Å²) in [6.45, 7) is 4.36. The van der Waals surface area contributed by atoms with Crippen molar-refractivity contribution in [3.8, 4) is 0 Å². The smallest absolute Gasteiger partial charge is 0.191 e. The molecule has 0 rings (SSSR count). The first kappa shape index (κ1) is 12.0. The minimum Gasteiger partial charge on any atom is -0.290 e. The van der Waals surface area contributed by atoms with Gasteiger partial charge in [-0.05, 0) is 24.8 Å². The Balaban J connectivity index is 3.46. The van der Waals surface area contributed by atoms with Gasteiger partial charge in [0.05, 0.1) is 0 Å². The topological polar surface area (TPSA) is 29.1 Å². The Bertz CT molecular complexity index is 109. The van der Waals surface area contributed by atoms with Crippen LogP contribution in [0, 0.1) is 0 Å². The average molecular weight is 189 g/mol. The van der Waals surface area contributed by atoms with Gasteiger partial charge in [0.15, 0.2) is 5.62 Å². The Morgan fingerprint density at radius 1 is 1.33 bits per heavy atom. The first-order valence-corrected chi connectivity index (χ1v) is 5.57. The van der Waals surface area contributed by atoms with E-state index in [9.17, 15) is 4.79 Å². The van der Waals surface area contributed by atoms with Gasteiger partial charge in [0.1, 0.15) is 0 Å². The maximum absolute atomic E-state index is 10.1. The van der Waals surface area contributed by atoms with Crippen LogP contribution < -0.4 is 4.72 Å². The highest BCUT2D eigenvalue weighted by molar-refractivity contribution is 8.10. The molecule has 2 nitrogen and oxygen atoms in total. The lowest BCUT2D eigenvalue weighted by atomic mass is 10.1. The highest BCUT2D eigenvalue weighted by atomic mass is 32.2. The molecular weight excluding hydrogens is 170 g/mol. The normalized spacial score (nSPS) is 12.8. The van der Waals surface area contributed by atoms with E-state index in [-0.39, 0.29) is 0 Å². The van der Waals surface area contributed by atoms with Gasteiger partial charge in [-0.25, -0.2) is 0 Å². The molecule has 0 aliphatic heterocycles. The highest BCUT2D eigenvalue weighted by Gasteiger charge is 2.05. The molecule has 0 spiro atoms. The highest BCUT2D eigenvalue weighted by Crippen LogP contribution is 2.08. The number of carbonyl (C=O) groups is 1. The summed E-state index contributed by atoms with van der Waals surface area (Å²) in [6, 6.07) is 0.519. The van der Waals surface area contributed by atoms with Crippen molar-refractivity contribution in [1.29, 1.82) is 0 Å². The Morgan fingerprint density at radius 3 is 2.58 bits per heavy atom. The third kappa shape index (κ3) is 6.68. The van der Waals surface area contributed by atoms with E-state index in [4.69, 9.17) is 0 Å². The van der Waals surface area contributed by atoms with E-state index in [0.29, 0.717) is 6.04 Å². The summed E-state index contributed by atoms with van der Waals surface area (Å²) < 4.78 is 3.15. The van der Waals surface area contributed by atoms with Gasteiger partial charge in [-0.15, -0.1) is 0 Å². The lowest BCUT2D eigenvalue weighted by molar-refractivity contribution is 0.509. The van der Waals surface area contributed by atoms with Crippen molar-refractivity contribution in [1.82, 2.24) is 4.72 Å². The number of nitrogens with one attached hydrogen (secondary N) is 1. The minimum atomic E-state index is 0.519. The largest absolute Gasteiger partial charge is 0.290 e. The molecule has 0 bridgehead atoms. The summed E-state index contributed by atoms with van der Waals surface area (Å²) >= 11 is 1.18. The zero-order chi connectivity index (χ0) is 9.23. The molecule has 12 heavy (non-hydrogen) atoms. The van der Waals surface area contributed by atoms with Gasteiger partial charge < -0.3 is 0 Å². The standard InChI is InChI=1S/C9H19NOS/c1-3-5-7-9(6-4-2)10-12-8-11/h8-10H,3-7H2,1-2H3. The summed E-state index contributed by atoms with van der Waals surface area (Å²) in [4.78, 5) is 10.1. The molecule has 1 atom stereocenters. The zero-order valence-electron chi connectivity index (χ0n) is 8.01. The van der Waals surface area contributed by atoms with E-state index in [2.05, 4.69) is 18.6 Å². The van der Waals surface area contributed by atoms with Gasteiger partial charge in [0.25, 0.3) is 0 Å². The van der Waals surface area contributed by atoms with Crippen LogP contribution in [0.25, 0.3) is 0 Å². The van der Waals surface area contributed by atoms with Gasteiger partial charge in [-0.1, -0.05) is 33.1 Å². The number of rotatable bonds is 8. The fourth-order valence-electron chi connectivity index (χ4n) is 1.19. The van der Waals surface area contributed by atoms with Gasteiger partial charge in [0, 0.05) is 6.04 Å². The second kappa shape index (κ2) is 9.07. The van der Waals surface area contributed by atoms with Crippen LogP contribution in [-0.2, 0) is 4.79 Å². The van der Waals surface area contributed by atoms with Crippen molar-refractivity contribution in [3.05, 3.63) is 0 Å². The first-order valence-electron chi connectivity index (χ1n) is 4.69. The van der Waals surface area contributed by atoms with Gasteiger partial charge in [0.2, 0.25) is 0 Å². The van der Waals surface area contributed by atoms with Crippen LogP contribution in [0.15, 0.2) is 0 Å². The van der Waals surface area contributed by atoms with Gasteiger partial charge in [-0.2, -0.15) is 0 Å². The van der Waals surface area contributed by atoms with Crippen LogP contribution in [0.1, 0.15) is 46.0 Å². The second-order valence-corrected chi connectivity index (χ2v) is 3.62. The third-order valence-corrected chi connectivity index (χ3v) is 2.39. The molecule has 0 saturated carbocycles. The fraction of sp³-hybridized carbons (Fsp3) is 0.889. The predicted octanol–water partition coefficient (Wildman–Crippen LogP) is 2.77. The van der Waals surface area contributed by atoms with E-state index in [1.165, 1.54) is 44.1 Å². The number of unbranched alkanes of at least 4 members (excludes halogenated alkanes) is 1. The molecule has 3 heteroatoms. The van der Waals surface area contributed by atoms with Crippen LogP contribution in [0.5, 0.6) is 0 Å². The first-order chi connectivity index (χ1) is 5.85. The molecule has 0 aromatic carbocycles. The van der Waals surface area contributed by atoms with E-state index in [1.807, 2.05) is 0 Å². The number of hydrogen-bond donors (Lipinski definition) is 1. The molecule has 0 amide bonds. The Labute approximate surface area is 79.6 Å². The third-order valence-electron chi connectivity index (χ3n) is 1.83. The molecule has 0 aromatic heterocycles. The second-order valence-electron chi connectivity index (χ2n) is 2.96. The summed E-state index contributed by atoms with van der Waals surface area (Å²) in [5.41, 5.74) is 0.856. The van der Waals surface area contributed by atoms with E-state index in [0.717, 1.165) is 5.62 Å². The van der Waals surface area contributed by atoms with Crippen LogP contribution in [0.2, 0.25) is 0 Å². The van der Waals surface area contributed by atoms with Crippen LogP contribution >= 0.6 is 11.9 Å². The number of hydrogen-bond acceptors (Lipinski definition) is 3. The molecule has 0 fully saturated rings. The Hall–Kier alpha value is -0.0200. The number of carbonyl (C=O) groups excluding carboxylic acids is 1. The van der Waals surface area contributed by atoms with Gasteiger partial charge in [-0.3, -0.25) is 9.52 Å². The predicted molar refractivity (Wildman–Crippen MR) is 55.7 cm³/mol. The fourth-order valence-corrected chi connectivity index (χ4v) is 1.67. The van der Waals surface area contributed by atoms with E-state index >= 15 is 0 Å². The monoisotopic (exact) mass is 189 g/mol. The maximum Gasteiger partial charge on any atom is 0.191 e. The zero-order valence-corrected chi connectivity index (χ0v) is 8.82. The molecule has 0 aliphatic carbocycles. The quantitative estimate of drug-likeness (QED) is 0.470. The SMILES string of the molecule is CCCCC(CCC)NSC=O. The Morgan fingerprint density at radius 2 is 2.08 bits per heavy atom. The molecular formula is C9H19NOS. The van der Waals surface area contributed by atoms with Crippen molar-refractivity contribution in [2.45, 2.75) is 52.0 Å². The average Bonchev–Trinajstić information content (AvgIpc) is 2.10. The van der Waals surface area contributed by atoms with Crippen molar-refractivity contribution in [3.63, 3.8) is 0 Å². The van der Waals surface area contributed by atoms with Gasteiger partial charge >= 0.3 is 0 Å². The molecule has 0 aliphatic rings. The summed E-state index contributed by atoms with van der Waals surface area (Å²) in [6.07, 6.45) is 6.01. The van der Waals surface area contributed by atoms with Crippen molar-refractivity contribution in [2.75, 3.05) is 0 Å². The molecule has 1 unspecified atom stereocenters.